The zero-order valence-electron chi connectivity index (χ0n) is 11.8. The average Bonchev–Trinajstić information content (AvgIpc) is 2.70. The van der Waals surface area contributed by atoms with Gasteiger partial charge in [0.25, 0.3) is 0 Å². The van der Waals surface area contributed by atoms with E-state index in [0.717, 1.165) is 27.8 Å². The van der Waals surface area contributed by atoms with Gasteiger partial charge in [-0.3, -0.25) is 0 Å². The number of carboxylic acids is 1. The van der Waals surface area contributed by atoms with Crippen molar-refractivity contribution in [1.29, 1.82) is 0 Å². The fraction of sp³-hybridized carbons (Fsp3) is 0.333. The lowest BCUT2D eigenvalue weighted by atomic mass is 9.91. The Hall–Kier alpha value is -2.10. The highest BCUT2D eigenvalue weighted by molar-refractivity contribution is 5.89. The molecule has 2 rings (SSSR count). The lowest BCUT2D eigenvalue weighted by molar-refractivity contribution is 0.0685. The van der Waals surface area contributed by atoms with Gasteiger partial charge in [-0.05, 0) is 56.9 Å². The van der Waals surface area contributed by atoms with Crippen LogP contribution in [0.5, 0.6) is 0 Å². The topological polar surface area (TPSA) is 63.3 Å². The van der Waals surface area contributed by atoms with Crippen LogP contribution in [0, 0.1) is 34.6 Å². The van der Waals surface area contributed by atoms with E-state index in [2.05, 4.69) is 11.2 Å². The molecule has 100 valence electrons. The van der Waals surface area contributed by atoms with Gasteiger partial charge in [-0.2, -0.15) is 0 Å². The molecular weight excluding hydrogens is 242 g/mol. The van der Waals surface area contributed by atoms with Gasteiger partial charge in [0.05, 0.1) is 0 Å². The van der Waals surface area contributed by atoms with E-state index >= 15 is 0 Å². The minimum Gasteiger partial charge on any atom is -0.476 e. The molecule has 0 saturated heterocycles. The monoisotopic (exact) mass is 259 g/mol. The zero-order chi connectivity index (χ0) is 14.3. The molecule has 0 aliphatic carbocycles. The normalized spacial score (nSPS) is 10.8. The first-order valence-electron chi connectivity index (χ1n) is 6.12. The third-order valence-electron chi connectivity index (χ3n) is 3.72. The number of nitrogens with zero attached hydrogens (tertiary/aromatic N) is 1. The van der Waals surface area contributed by atoms with Gasteiger partial charge in [-0.15, -0.1) is 0 Å². The smallest absolute Gasteiger partial charge is 0.358 e. The number of rotatable bonds is 2. The van der Waals surface area contributed by atoms with E-state index in [1.807, 2.05) is 27.7 Å². The van der Waals surface area contributed by atoms with E-state index in [-0.39, 0.29) is 5.69 Å². The van der Waals surface area contributed by atoms with Crippen LogP contribution < -0.4 is 0 Å². The number of carbonyl (C=O) groups is 1. The molecule has 0 bridgehead atoms. The summed E-state index contributed by atoms with van der Waals surface area (Å²) < 4.78 is 5.28. The molecule has 0 spiro atoms. The summed E-state index contributed by atoms with van der Waals surface area (Å²) in [5.74, 6) is -0.508. The molecule has 1 aromatic carbocycles. The van der Waals surface area contributed by atoms with Crippen LogP contribution in [0.3, 0.4) is 0 Å². The second kappa shape index (κ2) is 4.53. The number of hydrogen-bond acceptors (Lipinski definition) is 3. The molecular formula is C15H17NO3. The fourth-order valence-corrected chi connectivity index (χ4v) is 2.33. The predicted octanol–water partition coefficient (Wildman–Crippen LogP) is 3.58. The van der Waals surface area contributed by atoms with E-state index < -0.39 is 5.97 Å². The van der Waals surface area contributed by atoms with Gasteiger partial charge in [0.1, 0.15) is 0 Å². The van der Waals surface area contributed by atoms with Crippen LogP contribution in [-0.2, 0) is 0 Å². The quantitative estimate of drug-likeness (QED) is 0.895. The first kappa shape index (κ1) is 13.3. The van der Waals surface area contributed by atoms with E-state index in [1.54, 1.807) is 6.92 Å². The molecule has 0 atom stereocenters. The summed E-state index contributed by atoms with van der Waals surface area (Å²) in [5.41, 5.74) is 6.02. The molecule has 0 amide bonds. The lowest BCUT2D eigenvalue weighted by Gasteiger charge is -2.13. The van der Waals surface area contributed by atoms with Crippen LogP contribution in [-0.4, -0.2) is 16.2 Å². The Kier molecular flexibility index (Phi) is 3.18. The van der Waals surface area contributed by atoms with E-state index in [9.17, 15) is 4.79 Å². The molecule has 0 fully saturated rings. The maximum atomic E-state index is 11.0. The van der Waals surface area contributed by atoms with Crippen molar-refractivity contribution in [2.45, 2.75) is 34.6 Å². The SMILES string of the molecule is Cc1cc(C)c(C)c(-c2onc(C(=O)O)c2C)c1C. The highest BCUT2D eigenvalue weighted by Gasteiger charge is 2.22. The Bertz CT molecular complexity index is 642. The Labute approximate surface area is 112 Å². The lowest BCUT2D eigenvalue weighted by Crippen LogP contribution is -1.99. The standard InChI is InChI=1S/C15H17NO3/c1-7-6-8(2)10(4)12(9(7)3)14-11(5)13(15(17)18)16-19-14/h6H,1-5H3,(H,17,18). The van der Waals surface area contributed by atoms with Crippen molar-refractivity contribution in [3.63, 3.8) is 0 Å². The summed E-state index contributed by atoms with van der Waals surface area (Å²) in [6.07, 6.45) is 0. The Morgan fingerprint density at radius 2 is 1.58 bits per heavy atom. The highest BCUT2D eigenvalue weighted by atomic mass is 16.5. The third kappa shape index (κ3) is 2.03. The summed E-state index contributed by atoms with van der Waals surface area (Å²) in [5, 5.41) is 12.7. The van der Waals surface area contributed by atoms with Crippen molar-refractivity contribution in [3.8, 4) is 11.3 Å². The van der Waals surface area contributed by atoms with E-state index in [0.29, 0.717) is 11.3 Å². The van der Waals surface area contributed by atoms with Crippen molar-refractivity contribution < 1.29 is 14.4 Å². The fourth-order valence-electron chi connectivity index (χ4n) is 2.33. The van der Waals surface area contributed by atoms with Crippen LogP contribution in [0.2, 0.25) is 0 Å². The number of aromatic nitrogens is 1. The Morgan fingerprint density at radius 1 is 1.05 bits per heavy atom. The minimum atomic E-state index is -1.06. The van der Waals surface area contributed by atoms with Crippen LogP contribution in [0.1, 0.15) is 38.3 Å². The van der Waals surface area contributed by atoms with Gasteiger partial charge in [0.2, 0.25) is 0 Å². The largest absolute Gasteiger partial charge is 0.476 e. The van der Waals surface area contributed by atoms with E-state index in [4.69, 9.17) is 9.63 Å². The second-order valence-electron chi connectivity index (χ2n) is 4.93. The molecule has 0 aliphatic heterocycles. The first-order valence-corrected chi connectivity index (χ1v) is 6.12. The van der Waals surface area contributed by atoms with Gasteiger partial charge in [-0.1, -0.05) is 11.2 Å². The van der Waals surface area contributed by atoms with Crippen molar-refractivity contribution in [3.05, 3.63) is 39.6 Å². The second-order valence-corrected chi connectivity index (χ2v) is 4.93. The molecule has 0 unspecified atom stereocenters. The maximum Gasteiger partial charge on any atom is 0.358 e. The summed E-state index contributed by atoms with van der Waals surface area (Å²) in [7, 11) is 0. The van der Waals surface area contributed by atoms with Crippen LogP contribution in [0.4, 0.5) is 0 Å². The van der Waals surface area contributed by atoms with Gasteiger partial charge < -0.3 is 9.63 Å². The molecule has 0 aliphatic rings. The zero-order valence-corrected chi connectivity index (χ0v) is 11.8. The van der Waals surface area contributed by atoms with Crippen LogP contribution in [0.15, 0.2) is 10.6 Å². The highest BCUT2D eigenvalue weighted by Crippen LogP contribution is 2.34. The number of benzene rings is 1. The molecule has 4 heteroatoms. The molecule has 4 nitrogen and oxygen atoms in total. The number of aromatic carboxylic acids is 1. The number of aryl methyl sites for hydroxylation is 2. The summed E-state index contributed by atoms with van der Waals surface area (Å²) in [4.78, 5) is 11.0. The van der Waals surface area contributed by atoms with Crippen molar-refractivity contribution in [1.82, 2.24) is 5.16 Å². The summed E-state index contributed by atoms with van der Waals surface area (Å²) in [6, 6.07) is 2.12. The van der Waals surface area contributed by atoms with Gasteiger partial charge in [0.15, 0.2) is 11.5 Å². The van der Waals surface area contributed by atoms with Crippen molar-refractivity contribution in [2.24, 2.45) is 0 Å². The number of hydrogen-bond donors (Lipinski definition) is 1. The molecule has 0 saturated carbocycles. The third-order valence-corrected chi connectivity index (χ3v) is 3.72. The van der Waals surface area contributed by atoms with Crippen molar-refractivity contribution in [2.75, 3.05) is 0 Å². The molecule has 0 radical (unpaired) electrons. The molecule has 1 aromatic heterocycles. The first-order chi connectivity index (χ1) is 8.84. The van der Waals surface area contributed by atoms with Crippen molar-refractivity contribution >= 4 is 5.97 Å². The average molecular weight is 259 g/mol. The van der Waals surface area contributed by atoms with Gasteiger partial charge in [-0.25, -0.2) is 4.79 Å². The molecule has 1 N–H and O–H groups in total. The van der Waals surface area contributed by atoms with Gasteiger partial charge >= 0.3 is 5.97 Å². The van der Waals surface area contributed by atoms with Crippen LogP contribution in [0.25, 0.3) is 11.3 Å². The summed E-state index contributed by atoms with van der Waals surface area (Å²) in [6.45, 7) is 9.83. The van der Waals surface area contributed by atoms with E-state index in [1.165, 1.54) is 0 Å². The Morgan fingerprint density at radius 3 is 2.00 bits per heavy atom. The Balaban J connectivity index is 2.76. The minimum absolute atomic E-state index is 0.0204. The van der Waals surface area contributed by atoms with Gasteiger partial charge in [0, 0.05) is 11.1 Å². The molecule has 2 aromatic rings. The van der Waals surface area contributed by atoms with Crippen LogP contribution >= 0.6 is 0 Å². The summed E-state index contributed by atoms with van der Waals surface area (Å²) >= 11 is 0. The predicted molar refractivity (Wildman–Crippen MR) is 72.6 cm³/mol. The molecule has 19 heavy (non-hydrogen) atoms. The molecule has 1 heterocycles. The number of carboxylic acid groups (broad SMARTS) is 1. The maximum absolute atomic E-state index is 11.0.